The maximum Gasteiger partial charge on any atom is 0.165 e. The van der Waals surface area contributed by atoms with Crippen molar-refractivity contribution in [2.75, 3.05) is 5.43 Å². The maximum absolute atomic E-state index is 6.32. The Labute approximate surface area is 144 Å². The standard InChI is InChI=1S/C14H16Cl3N5/c1-3-4-5-22-13(17)11(9(2)21-22)8-19-20-14-12(16)6-10(15)7-18-14/h6-8H,3-5H2,1-2H3,(H,18,20)/b19-8-. The van der Waals surface area contributed by atoms with Gasteiger partial charge in [0.15, 0.2) is 5.82 Å². The molecule has 2 heterocycles. The zero-order chi connectivity index (χ0) is 16.1. The van der Waals surface area contributed by atoms with E-state index in [-0.39, 0.29) is 0 Å². The van der Waals surface area contributed by atoms with Gasteiger partial charge in [-0.1, -0.05) is 48.1 Å². The first-order chi connectivity index (χ1) is 10.5. The van der Waals surface area contributed by atoms with Crippen molar-refractivity contribution in [1.29, 1.82) is 0 Å². The van der Waals surface area contributed by atoms with Gasteiger partial charge in [-0.3, -0.25) is 10.1 Å². The van der Waals surface area contributed by atoms with Gasteiger partial charge in [0.1, 0.15) is 5.15 Å². The van der Waals surface area contributed by atoms with E-state index in [1.807, 2.05) is 6.92 Å². The largest absolute Gasteiger partial charge is 0.260 e. The Morgan fingerprint density at radius 2 is 2.14 bits per heavy atom. The quantitative estimate of drug-likeness (QED) is 0.595. The number of unbranched alkanes of at least 4 members (excludes halogenated alkanes) is 1. The van der Waals surface area contributed by atoms with Gasteiger partial charge in [-0.25, -0.2) is 4.98 Å². The number of anilines is 1. The fourth-order valence-corrected chi connectivity index (χ4v) is 2.55. The van der Waals surface area contributed by atoms with Gasteiger partial charge in [0.25, 0.3) is 0 Å². The summed E-state index contributed by atoms with van der Waals surface area (Å²) in [7, 11) is 0. The highest BCUT2D eigenvalue weighted by Gasteiger charge is 2.11. The second kappa shape index (κ2) is 7.81. The van der Waals surface area contributed by atoms with Gasteiger partial charge in [0.05, 0.1) is 27.5 Å². The minimum atomic E-state index is 0.395. The highest BCUT2D eigenvalue weighted by Crippen LogP contribution is 2.23. The number of hydrazone groups is 1. The molecule has 2 aromatic heterocycles. The summed E-state index contributed by atoms with van der Waals surface area (Å²) in [4.78, 5) is 4.06. The molecule has 2 aromatic rings. The lowest BCUT2D eigenvalue weighted by atomic mass is 10.3. The summed E-state index contributed by atoms with van der Waals surface area (Å²) >= 11 is 18.1. The smallest absolute Gasteiger partial charge is 0.165 e. The number of hydrogen-bond donors (Lipinski definition) is 1. The SMILES string of the molecule is CCCCn1nc(C)c(/C=N\Nc2ncc(Cl)cc2Cl)c1Cl. The number of pyridine rings is 1. The molecule has 0 radical (unpaired) electrons. The number of aryl methyl sites for hydroxylation is 2. The number of halogens is 3. The maximum atomic E-state index is 6.32. The van der Waals surface area contributed by atoms with E-state index in [0.29, 0.717) is 21.0 Å². The Morgan fingerprint density at radius 3 is 2.82 bits per heavy atom. The first-order valence-electron chi connectivity index (χ1n) is 6.86. The van der Waals surface area contributed by atoms with Crippen LogP contribution in [0.3, 0.4) is 0 Å². The Kier molecular flexibility index (Phi) is 6.06. The van der Waals surface area contributed by atoms with Gasteiger partial charge in [-0.05, 0) is 19.4 Å². The molecular formula is C14H16Cl3N5. The van der Waals surface area contributed by atoms with Crippen molar-refractivity contribution in [1.82, 2.24) is 14.8 Å². The molecule has 0 unspecified atom stereocenters. The van der Waals surface area contributed by atoms with Crippen LogP contribution in [0.1, 0.15) is 31.0 Å². The first-order valence-corrected chi connectivity index (χ1v) is 7.99. The molecule has 0 bridgehead atoms. The van der Waals surface area contributed by atoms with E-state index in [1.165, 1.54) is 6.20 Å². The average molecular weight is 361 g/mol. The van der Waals surface area contributed by atoms with E-state index in [4.69, 9.17) is 34.8 Å². The fourth-order valence-electron chi connectivity index (χ4n) is 1.82. The highest BCUT2D eigenvalue weighted by atomic mass is 35.5. The highest BCUT2D eigenvalue weighted by molar-refractivity contribution is 6.36. The van der Waals surface area contributed by atoms with Crippen molar-refractivity contribution in [2.45, 2.75) is 33.2 Å². The molecule has 5 nitrogen and oxygen atoms in total. The lowest BCUT2D eigenvalue weighted by molar-refractivity contribution is 0.569. The lowest BCUT2D eigenvalue weighted by Gasteiger charge is -2.02. The predicted molar refractivity (Wildman–Crippen MR) is 92.4 cm³/mol. The summed E-state index contributed by atoms with van der Waals surface area (Å²) in [5.41, 5.74) is 4.36. The lowest BCUT2D eigenvalue weighted by Crippen LogP contribution is -2.00. The Hall–Kier alpha value is -1.30. The third-order valence-corrected chi connectivity index (χ3v) is 3.90. The molecule has 0 aliphatic carbocycles. The molecule has 0 aliphatic heterocycles. The molecule has 22 heavy (non-hydrogen) atoms. The molecule has 118 valence electrons. The van der Waals surface area contributed by atoms with Crippen LogP contribution in [-0.2, 0) is 6.54 Å². The molecule has 1 N–H and O–H groups in total. The van der Waals surface area contributed by atoms with Crippen LogP contribution < -0.4 is 5.43 Å². The van der Waals surface area contributed by atoms with E-state index in [2.05, 4.69) is 27.5 Å². The van der Waals surface area contributed by atoms with E-state index < -0.39 is 0 Å². The van der Waals surface area contributed by atoms with Crippen LogP contribution in [0.4, 0.5) is 5.82 Å². The molecule has 0 aromatic carbocycles. The summed E-state index contributed by atoms with van der Waals surface area (Å²) in [6.07, 6.45) is 5.22. The van der Waals surface area contributed by atoms with Crippen molar-refractivity contribution in [3.63, 3.8) is 0 Å². The summed E-state index contributed by atoms with van der Waals surface area (Å²) in [6.45, 7) is 4.81. The summed E-state index contributed by atoms with van der Waals surface area (Å²) < 4.78 is 1.79. The van der Waals surface area contributed by atoms with Crippen molar-refractivity contribution >= 4 is 46.8 Å². The number of nitrogens with zero attached hydrogens (tertiary/aromatic N) is 4. The minimum absolute atomic E-state index is 0.395. The third-order valence-electron chi connectivity index (χ3n) is 3.00. The van der Waals surface area contributed by atoms with Gasteiger partial charge in [-0.2, -0.15) is 10.2 Å². The molecule has 0 saturated carbocycles. The second-order valence-electron chi connectivity index (χ2n) is 4.72. The van der Waals surface area contributed by atoms with Gasteiger partial charge in [0.2, 0.25) is 0 Å². The van der Waals surface area contributed by atoms with Gasteiger partial charge in [0, 0.05) is 12.7 Å². The molecule has 0 fully saturated rings. The molecular weight excluding hydrogens is 345 g/mol. The topological polar surface area (TPSA) is 55.1 Å². The van der Waals surface area contributed by atoms with Gasteiger partial charge < -0.3 is 0 Å². The monoisotopic (exact) mass is 359 g/mol. The number of hydrogen-bond acceptors (Lipinski definition) is 4. The van der Waals surface area contributed by atoms with Crippen LogP contribution in [0, 0.1) is 6.92 Å². The van der Waals surface area contributed by atoms with Crippen molar-refractivity contribution in [3.8, 4) is 0 Å². The van der Waals surface area contributed by atoms with Crippen LogP contribution >= 0.6 is 34.8 Å². The molecule has 0 atom stereocenters. The molecule has 0 saturated heterocycles. The Balaban J connectivity index is 2.11. The zero-order valence-corrected chi connectivity index (χ0v) is 14.5. The van der Waals surface area contributed by atoms with Crippen molar-refractivity contribution in [3.05, 3.63) is 38.7 Å². The summed E-state index contributed by atoms with van der Waals surface area (Å²) in [5, 5.41) is 9.96. The van der Waals surface area contributed by atoms with Crippen LogP contribution in [0.2, 0.25) is 15.2 Å². The predicted octanol–water partition coefficient (Wildman–Crippen LogP) is 4.79. The van der Waals surface area contributed by atoms with Crippen LogP contribution in [0.15, 0.2) is 17.4 Å². The third kappa shape index (κ3) is 4.12. The molecule has 2 rings (SSSR count). The van der Waals surface area contributed by atoms with Crippen molar-refractivity contribution < 1.29 is 0 Å². The van der Waals surface area contributed by atoms with E-state index in [9.17, 15) is 0 Å². The molecule has 8 heteroatoms. The van der Waals surface area contributed by atoms with Gasteiger partial charge in [-0.15, -0.1) is 0 Å². The average Bonchev–Trinajstić information content (AvgIpc) is 2.74. The summed E-state index contributed by atoms with van der Waals surface area (Å²) in [5.74, 6) is 0.425. The second-order valence-corrected chi connectivity index (χ2v) is 5.92. The Morgan fingerprint density at radius 1 is 1.36 bits per heavy atom. The Bertz CT molecular complexity index is 681. The van der Waals surface area contributed by atoms with E-state index in [1.54, 1.807) is 17.0 Å². The number of aromatic nitrogens is 3. The number of rotatable bonds is 6. The molecule has 0 amide bonds. The van der Waals surface area contributed by atoms with E-state index in [0.717, 1.165) is 30.6 Å². The van der Waals surface area contributed by atoms with E-state index >= 15 is 0 Å². The van der Waals surface area contributed by atoms with Crippen LogP contribution in [0.25, 0.3) is 0 Å². The van der Waals surface area contributed by atoms with Crippen molar-refractivity contribution in [2.24, 2.45) is 5.10 Å². The minimum Gasteiger partial charge on any atom is -0.260 e. The molecule has 0 aliphatic rings. The summed E-state index contributed by atoms with van der Waals surface area (Å²) in [6, 6.07) is 1.59. The van der Waals surface area contributed by atoms with Gasteiger partial charge >= 0.3 is 0 Å². The zero-order valence-electron chi connectivity index (χ0n) is 12.3. The molecule has 0 spiro atoms. The van der Waals surface area contributed by atoms with Crippen LogP contribution in [0.5, 0.6) is 0 Å². The number of nitrogens with one attached hydrogen (secondary N) is 1. The normalized spacial score (nSPS) is 11.3. The van der Waals surface area contributed by atoms with Crippen LogP contribution in [-0.4, -0.2) is 21.0 Å². The fraction of sp³-hybridized carbons (Fsp3) is 0.357. The first kappa shape index (κ1) is 17.1.